The number of pyridine rings is 1. The van der Waals surface area contributed by atoms with Crippen molar-refractivity contribution in [2.45, 2.75) is 39.5 Å². The summed E-state index contributed by atoms with van der Waals surface area (Å²) in [6, 6.07) is 0. The van der Waals surface area contributed by atoms with E-state index in [-0.39, 0.29) is 0 Å². The van der Waals surface area contributed by atoms with Crippen LogP contribution in [0, 0.1) is 5.92 Å². The molecule has 0 saturated heterocycles. The van der Waals surface area contributed by atoms with Gasteiger partial charge in [0, 0.05) is 11.9 Å². The molecule has 0 aromatic carbocycles. The van der Waals surface area contributed by atoms with Crippen molar-refractivity contribution in [1.82, 2.24) is 4.98 Å². The van der Waals surface area contributed by atoms with Crippen molar-refractivity contribution >= 4 is 5.97 Å². The molecule has 1 aromatic rings. The van der Waals surface area contributed by atoms with Gasteiger partial charge in [-0.1, -0.05) is 13.8 Å². The summed E-state index contributed by atoms with van der Waals surface area (Å²) in [6.45, 7) is 4.32. The highest BCUT2D eigenvalue weighted by molar-refractivity contribution is 5.89. The van der Waals surface area contributed by atoms with E-state index in [0.29, 0.717) is 11.5 Å². The molecule has 3 heteroatoms. The van der Waals surface area contributed by atoms with E-state index >= 15 is 0 Å². The second-order valence-corrected chi connectivity index (χ2v) is 4.83. The van der Waals surface area contributed by atoms with Crippen molar-refractivity contribution in [3.8, 4) is 0 Å². The van der Waals surface area contributed by atoms with E-state index in [0.717, 1.165) is 36.9 Å². The Labute approximate surface area is 95.5 Å². The molecular weight excluding hydrogens is 202 g/mol. The smallest absolute Gasteiger partial charge is 0.337 e. The van der Waals surface area contributed by atoms with Gasteiger partial charge >= 0.3 is 5.97 Å². The van der Waals surface area contributed by atoms with Gasteiger partial charge in [-0.25, -0.2) is 4.79 Å². The van der Waals surface area contributed by atoms with Gasteiger partial charge in [0.15, 0.2) is 0 Å². The molecule has 0 radical (unpaired) electrons. The summed E-state index contributed by atoms with van der Waals surface area (Å²) < 4.78 is 0. The average Bonchev–Trinajstić information content (AvgIpc) is 2.65. The summed E-state index contributed by atoms with van der Waals surface area (Å²) >= 11 is 0. The van der Waals surface area contributed by atoms with Crippen molar-refractivity contribution < 1.29 is 9.90 Å². The molecule has 1 aliphatic rings. The fraction of sp³-hybridized carbons (Fsp3) is 0.538. The molecule has 0 amide bonds. The van der Waals surface area contributed by atoms with Gasteiger partial charge in [-0.2, -0.15) is 0 Å². The zero-order valence-electron chi connectivity index (χ0n) is 9.79. The molecule has 0 aliphatic heterocycles. The maximum atomic E-state index is 11.1. The quantitative estimate of drug-likeness (QED) is 0.849. The Morgan fingerprint density at radius 3 is 2.75 bits per heavy atom. The maximum absolute atomic E-state index is 11.1. The Balaban J connectivity index is 2.45. The molecule has 0 fully saturated rings. The largest absolute Gasteiger partial charge is 0.478 e. The molecule has 1 N–H and O–H groups in total. The molecule has 3 nitrogen and oxygen atoms in total. The fourth-order valence-corrected chi connectivity index (χ4v) is 2.40. The van der Waals surface area contributed by atoms with E-state index in [9.17, 15) is 4.79 Å². The number of aromatic carboxylic acids is 1. The predicted molar refractivity (Wildman–Crippen MR) is 61.8 cm³/mol. The zero-order chi connectivity index (χ0) is 11.7. The van der Waals surface area contributed by atoms with E-state index in [1.807, 2.05) is 0 Å². The summed E-state index contributed by atoms with van der Waals surface area (Å²) in [5, 5.41) is 9.08. The molecule has 1 heterocycles. The molecule has 2 rings (SSSR count). The van der Waals surface area contributed by atoms with Gasteiger partial charge < -0.3 is 5.11 Å². The van der Waals surface area contributed by atoms with Crippen molar-refractivity contribution in [2.75, 3.05) is 0 Å². The van der Waals surface area contributed by atoms with E-state index in [1.165, 1.54) is 11.8 Å². The monoisotopic (exact) mass is 219 g/mol. The topological polar surface area (TPSA) is 50.2 Å². The third-order valence-corrected chi connectivity index (χ3v) is 3.07. The van der Waals surface area contributed by atoms with E-state index < -0.39 is 5.97 Å². The third kappa shape index (κ3) is 1.94. The lowest BCUT2D eigenvalue weighted by atomic mass is 9.98. The molecule has 1 aromatic heterocycles. The van der Waals surface area contributed by atoms with Crippen molar-refractivity contribution in [3.05, 3.63) is 28.6 Å². The van der Waals surface area contributed by atoms with Gasteiger partial charge in [-0.3, -0.25) is 4.98 Å². The van der Waals surface area contributed by atoms with Crippen molar-refractivity contribution in [1.29, 1.82) is 0 Å². The van der Waals surface area contributed by atoms with Gasteiger partial charge in [0.05, 0.1) is 5.56 Å². The molecule has 0 bridgehead atoms. The van der Waals surface area contributed by atoms with Crippen LogP contribution in [0.4, 0.5) is 0 Å². The lowest BCUT2D eigenvalue weighted by Gasteiger charge is -2.11. The number of carboxylic acid groups (broad SMARTS) is 1. The molecule has 16 heavy (non-hydrogen) atoms. The standard InChI is InChI=1S/C13H17NO2/c1-8(2)6-12-10-5-3-4-9(10)11(7-14-12)13(15)16/h7-8H,3-6H2,1-2H3,(H,15,16). The summed E-state index contributed by atoms with van der Waals surface area (Å²) in [7, 11) is 0. The lowest BCUT2D eigenvalue weighted by Crippen LogP contribution is -2.08. The van der Waals surface area contributed by atoms with Gasteiger partial charge in [0.2, 0.25) is 0 Å². The van der Waals surface area contributed by atoms with Gasteiger partial charge in [0.25, 0.3) is 0 Å². The van der Waals surface area contributed by atoms with E-state index in [1.54, 1.807) is 0 Å². The van der Waals surface area contributed by atoms with Crippen LogP contribution in [-0.2, 0) is 19.3 Å². The number of carboxylic acids is 1. The number of rotatable bonds is 3. The molecule has 0 spiro atoms. The minimum atomic E-state index is -0.846. The van der Waals surface area contributed by atoms with Gasteiger partial charge in [-0.15, -0.1) is 0 Å². The van der Waals surface area contributed by atoms with Crippen LogP contribution in [0.3, 0.4) is 0 Å². The minimum absolute atomic E-state index is 0.403. The highest BCUT2D eigenvalue weighted by Crippen LogP contribution is 2.28. The van der Waals surface area contributed by atoms with Crippen LogP contribution in [0.1, 0.15) is 47.4 Å². The van der Waals surface area contributed by atoms with Crippen molar-refractivity contribution in [2.24, 2.45) is 5.92 Å². The fourth-order valence-electron chi connectivity index (χ4n) is 2.40. The first kappa shape index (κ1) is 11.1. The first-order chi connectivity index (χ1) is 7.59. The van der Waals surface area contributed by atoms with E-state index in [2.05, 4.69) is 18.8 Å². The van der Waals surface area contributed by atoms with Crippen LogP contribution in [0.25, 0.3) is 0 Å². The Bertz CT molecular complexity index is 424. The highest BCUT2D eigenvalue weighted by Gasteiger charge is 2.22. The van der Waals surface area contributed by atoms with E-state index in [4.69, 9.17) is 5.11 Å². The Kier molecular flexibility index (Phi) is 2.95. The summed E-state index contributed by atoms with van der Waals surface area (Å²) in [4.78, 5) is 15.4. The predicted octanol–water partition coefficient (Wildman–Crippen LogP) is 2.47. The summed E-state index contributed by atoms with van der Waals surface area (Å²) in [5.41, 5.74) is 3.74. The van der Waals surface area contributed by atoms with Crippen LogP contribution in [-0.4, -0.2) is 16.1 Å². The van der Waals surface area contributed by atoms with Crippen LogP contribution < -0.4 is 0 Å². The number of nitrogens with zero attached hydrogens (tertiary/aromatic N) is 1. The maximum Gasteiger partial charge on any atom is 0.337 e. The number of hydrogen-bond donors (Lipinski definition) is 1. The van der Waals surface area contributed by atoms with Crippen molar-refractivity contribution in [3.63, 3.8) is 0 Å². The van der Waals surface area contributed by atoms with Gasteiger partial charge in [-0.05, 0) is 42.7 Å². The molecule has 86 valence electrons. The normalized spacial score (nSPS) is 14.2. The second kappa shape index (κ2) is 4.24. The molecule has 1 aliphatic carbocycles. The first-order valence-corrected chi connectivity index (χ1v) is 5.82. The lowest BCUT2D eigenvalue weighted by molar-refractivity contribution is 0.0695. The average molecular weight is 219 g/mol. The number of fused-ring (bicyclic) bond motifs is 1. The second-order valence-electron chi connectivity index (χ2n) is 4.83. The molecular formula is C13H17NO2. The van der Waals surface area contributed by atoms with Crippen LogP contribution in [0.2, 0.25) is 0 Å². The summed E-state index contributed by atoms with van der Waals surface area (Å²) in [6.07, 6.45) is 5.43. The zero-order valence-corrected chi connectivity index (χ0v) is 9.79. The minimum Gasteiger partial charge on any atom is -0.478 e. The summed E-state index contributed by atoms with van der Waals surface area (Å²) in [5.74, 6) is -0.283. The Hall–Kier alpha value is -1.38. The Morgan fingerprint density at radius 1 is 1.44 bits per heavy atom. The van der Waals surface area contributed by atoms with Crippen LogP contribution in [0.15, 0.2) is 6.20 Å². The molecule has 0 atom stereocenters. The van der Waals surface area contributed by atoms with Gasteiger partial charge in [0.1, 0.15) is 0 Å². The Morgan fingerprint density at radius 2 is 2.12 bits per heavy atom. The third-order valence-electron chi connectivity index (χ3n) is 3.07. The highest BCUT2D eigenvalue weighted by atomic mass is 16.4. The van der Waals surface area contributed by atoms with Crippen LogP contribution in [0.5, 0.6) is 0 Å². The molecule has 0 saturated carbocycles. The molecule has 0 unspecified atom stereocenters. The number of aromatic nitrogens is 1. The number of hydrogen-bond acceptors (Lipinski definition) is 2. The van der Waals surface area contributed by atoms with Crippen LogP contribution >= 0.6 is 0 Å². The SMILES string of the molecule is CC(C)Cc1ncc(C(=O)O)c2c1CCC2. The number of carbonyl (C=O) groups is 1. The first-order valence-electron chi connectivity index (χ1n) is 5.82.